The van der Waals surface area contributed by atoms with Gasteiger partial charge in [-0.2, -0.15) is 0 Å². The van der Waals surface area contributed by atoms with Crippen LogP contribution in [0.3, 0.4) is 0 Å². The summed E-state index contributed by atoms with van der Waals surface area (Å²) in [6.07, 6.45) is 4.69. The topological polar surface area (TPSA) is 64.0 Å². The Kier molecular flexibility index (Phi) is 6.63. The summed E-state index contributed by atoms with van der Waals surface area (Å²) in [6.45, 7) is 2.21. The fourth-order valence-corrected chi connectivity index (χ4v) is 4.73. The van der Waals surface area contributed by atoms with Crippen molar-refractivity contribution in [2.24, 2.45) is 0 Å². The molecule has 0 aliphatic carbocycles. The number of rotatable bonds is 7. The Balaban J connectivity index is 2.02. The molecular formula is C20H20Cl2FN3O2S. The molecule has 0 amide bonds. The van der Waals surface area contributed by atoms with Crippen LogP contribution in [0, 0.1) is 6.92 Å². The van der Waals surface area contributed by atoms with Crippen molar-refractivity contribution in [1.82, 2.24) is 14.4 Å². The fraction of sp³-hybridized carbons (Fsp3) is 0.250. The molecule has 0 atom stereocenters. The summed E-state index contributed by atoms with van der Waals surface area (Å²) in [7, 11) is -3.39. The first kappa shape index (κ1) is 21.8. The molecule has 0 unspecified atom stereocenters. The monoisotopic (exact) mass is 455 g/mol. The zero-order valence-electron chi connectivity index (χ0n) is 15.9. The summed E-state index contributed by atoms with van der Waals surface area (Å²) in [4.78, 5) is 6.95. The quantitative estimate of drug-likeness (QED) is 0.529. The van der Waals surface area contributed by atoms with Crippen LogP contribution in [0.5, 0.6) is 0 Å². The second-order valence-corrected chi connectivity index (χ2v) is 9.38. The van der Waals surface area contributed by atoms with Crippen LogP contribution in [-0.4, -0.2) is 30.8 Å². The number of nitrogens with one attached hydrogen (secondary N) is 1. The molecule has 0 aliphatic rings. The van der Waals surface area contributed by atoms with E-state index in [-0.39, 0.29) is 28.8 Å². The average molecular weight is 456 g/mol. The molecule has 0 saturated heterocycles. The van der Waals surface area contributed by atoms with Crippen molar-refractivity contribution >= 4 is 44.2 Å². The van der Waals surface area contributed by atoms with Gasteiger partial charge in [-0.25, -0.2) is 17.6 Å². The van der Waals surface area contributed by atoms with Crippen LogP contribution < -0.4 is 4.84 Å². The van der Waals surface area contributed by atoms with Crippen molar-refractivity contribution < 1.29 is 12.8 Å². The minimum atomic E-state index is -3.39. The standard InChI is InChI=1S/C20H20Cl2FN3O2S/c1-13-16(10-14-5-6-19(17(21)11-14)29(2,27)28)20-18(4-3-8-24-20)26(13)12-15(23)7-9-25-22/h3-8,11,25H,9-10,12H2,1-2H3/b15-7-. The van der Waals surface area contributed by atoms with E-state index in [0.29, 0.717) is 6.42 Å². The SMILES string of the molecule is Cc1c(Cc2ccc(S(C)(=O)=O)c(Cl)c2)c2ncccc2n1C/C(F)=C/CNCl. The first-order valence-corrected chi connectivity index (χ1v) is 11.5. The van der Waals surface area contributed by atoms with Gasteiger partial charge in [0.05, 0.1) is 27.5 Å². The van der Waals surface area contributed by atoms with E-state index < -0.39 is 9.84 Å². The maximum absolute atomic E-state index is 14.3. The van der Waals surface area contributed by atoms with Gasteiger partial charge in [0.2, 0.25) is 0 Å². The van der Waals surface area contributed by atoms with Crippen molar-refractivity contribution in [1.29, 1.82) is 0 Å². The fourth-order valence-electron chi connectivity index (χ4n) is 3.30. The second kappa shape index (κ2) is 8.83. The smallest absolute Gasteiger partial charge is 0.176 e. The van der Waals surface area contributed by atoms with Crippen LogP contribution in [0.15, 0.2) is 53.3 Å². The van der Waals surface area contributed by atoms with Crippen molar-refractivity contribution in [3.05, 3.63) is 70.3 Å². The van der Waals surface area contributed by atoms with E-state index in [4.69, 9.17) is 23.4 Å². The van der Waals surface area contributed by atoms with Gasteiger partial charge in [0.25, 0.3) is 0 Å². The summed E-state index contributed by atoms with van der Waals surface area (Å²) in [5, 5.41) is 0.182. The van der Waals surface area contributed by atoms with E-state index >= 15 is 0 Å². The Morgan fingerprint density at radius 1 is 1.34 bits per heavy atom. The number of hydrogen-bond acceptors (Lipinski definition) is 4. The molecule has 3 rings (SSSR count). The van der Waals surface area contributed by atoms with Crippen LogP contribution in [0.25, 0.3) is 11.0 Å². The lowest BCUT2D eigenvalue weighted by molar-refractivity contribution is 0.554. The van der Waals surface area contributed by atoms with Crippen molar-refractivity contribution in [2.45, 2.75) is 24.8 Å². The molecule has 1 aromatic carbocycles. The lowest BCUT2D eigenvalue weighted by atomic mass is 10.0. The molecule has 0 radical (unpaired) electrons. The summed E-state index contributed by atoms with van der Waals surface area (Å²) in [6, 6.07) is 8.60. The number of pyridine rings is 1. The number of hydrogen-bond donors (Lipinski definition) is 1. The summed E-state index contributed by atoms with van der Waals surface area (Å²) in [5.74, 6) is -0.311. The Morgan fingerprint density at radius 2 is 2.10 bits per heavy atom. The van der Waals surface area contributed by atoms with Gasteiger partial charge in [0.15, 0.2) is 9.84 Å². The van der Waals surface area contributed by atoms with Gasteiger partial charge in [-0.05, 0) is 54.6 Å². The largest absolute Gasteiger partial charge is 0.336 e. The molecule has 0 bridgehead atoms. The van der Waals surface area contributed by atoms with Gasteiger partial charge in [0.1, 0.15) is 5.83 Å². The van der Waals surface area contributed by atoms with Gasteiger partial charge >= 0.3 is 0 Å². The number of fused-ring (bicyclic) bond motifs is 1. The third-order valence-corrected chi connectivity index (χ3v) is 6.43. The highest BCUT2D eigenvalue weighted by atomic mass is 35.5. The number of allylic oxidation sites excluding steroid dienone is 1. The third kappa shape index (κ3) is 4.80. The Morgan fingerprint density at radius 3 is 2.76 bits per heavy atom. The van der Waals surface area contributed by atoms with Gasteiger partial charge < -0.3 is 4.57 Å². The van der Waals surface area contributed by atoms with Gasteiger partial charge in [0, 0.05) is 36.7 Å². The predicted octanol–water partition coefficient (Wildman–Crippen LogP) is 4.59. The Labute approximate surface area is 179 Å². The highest BCUT2D eigenvalue weighted by molar-refractivity contribution is 7.90. The van der Waals surface area contributed by atoms with Crippen molar-refractivity contribution in [2.75, 3.05) is 12.8 Å². The maximum Gasteiger partial charge on any atom is 0.176 e. The zero-order chi connectivity index (χ0) is 21.2. The van der Waals surface area contributed by atoms with Crippen LogP contribution >= 0.6 is 23.4 Å². The van der Waals surface area contributed by atoms with E-state index in [1.807, 2.05) is 23.6 Å². The number of halogens is 3. The summed E-state index contributed by atoms with van der Waals surface area (Å²) >= 11 is 11.6. The normalized spacial score (nSPS) is 12.7. The minimum absolute atomic E-state index is 0.0698. The van der Waals surface area contributed by atoms with Gasteiger partial charge in [-0.3, -0.25) is 4.98 Å². The zero-order valence-corrected chi connectivity index (χ0v) is 18.2. The number of benzene rings is 1. The molecule has 0 aliphatic heterocycles. The maximum atomic E-state index is 14.3. The molecular weight excluding hydrogens is 436 g/mol. The third-order valence-electron chi connectivity index (χ3n) is 4.69. The Hall–Kier alpha value is -1.93. The molecule has 0 spiro atoms. The van der Waals surface area contributed by atoms with Crippen LogP contribution in [0.4, 0.5) is 4.39 Å². The van der Waals surface area contributed by atoms with E-state index in [1.165, 1.54) is 12.1 Å². The average Bonchev–Trinajstić information content (AvgIpc) is 2.91. The number of sulfone groups is 1. The molecule has 2 aromatic heterocycles. The number of nitrogens with zero attached hydrogens (tertiary/aromatic N) is 2. The minimum Gasteiger partial charge on any atom is -0.336 e. The molecule has 3 aromatic rings. The van der Waals surface area contributed by atoms with E-state index in [0.717, 1.165) is 34.1 Å². The second-order valence-electron chi connectivity index (χ2n) is 6.72. The van der Waals surface area contributed by atoms with E-state index in [1.54, 1.807) is 18.3 Å². The molecule has 154 valence electrons. The van der Waals surface area contributed by atoms with Crippen LogP contribution in [-0.2, 0) is 22.8 Å². The molecule has 0 saturated carbocycles. The molecule has 29 heavy (non-hydrogen) atoms. The van der Waals surface area contributed by atoms with E-state index in [2.05, 4.69) is 9.82 Å². The molecule has 2 heterocycles. The predicted molar refractivity (Wildman–Crippen MR) is 115 cm³/mol. The van der Waals surface area contributed by atoms with Crippen LogP contribution in [0.1, 0.15) is 16.8 Å². The highest BCUT2D eigenvalue weighted by Crippen LogP contribution is 2.29. The molecule has 1 N–H and O–H groups in total. The van der Waals surface area contributed by atoms with Gasteiger partial charge in [-0.15, -0.1) is 0 Å². The molecule has 0 fully saturated rings. The van der Waals surface area contributed by atoms with Crippen LogP contribution in [0.2, 0.25) is 5.02 Å². The first-order valence-electron chi connectivity index (χ1n) is 8.81. The molecule has 9 heteroatoms. The lowest BCUT2D eigenvalue weighted by Crippen LogP contribution is -2.04. The van der Waals surface area contributed by atoms with E-state index in [9.17, 15) is 12.8 Å². The lowest BCUT2D eigenvalue weighted by Gasteiger charge is -2.08. The Bertz CT molecular complexity index is 1190. The van der Waals surface area contributed by atoms with Crippen molar-refractivity contribution in [3.8, 4) is 0 Å². The summed E-state index contributed by atoms with van der Waals surface area (Å²) in [5.41, 5.74) is 4.26. The number of aromatic nitrogens is 2. The van der Waals surface area contributed by atoms with Gasteiger partial charge in [-0.1, -0.05) is 17.7 Å². The molecule has 5 nitrogen and oxygen atoms in total. The first-order chi connectivity index (χ1) is 13.7. The van der Waals surface area contributed by atoms with Crippen molar-refractivity contribution in [3.63, 3.8) is 0 Å². The highest BCUT2D eigenvalue weighted by Gasteiger charge is 2.18. The summed E-state index contributed by atoms with van der Waals surface area (Å²) < 4.78 is 39.7.